The predicted octanol–water partition coefficient (Wildman–Crippen LogP) is 3.90. The zero-order chi connectivity index (χ0) is 14.9. The van der Waals surface area contributed by atoms with E-state index < -0.39 is 17.5 Å². The second-order valence-electron chi connectivity index (χ2n) is 5.12. The molecule has 0 amide bonds. The van der Waals surface area contributed by atoms with E-state index in [1.54, 1.807) is 12.1 Å². The van der Waals surface area contributed by atoms with Crippen LogP contribution in [0.5, 0.6) is 0 Å². The van der Waals surface area contributed by atoms with Gasteiger partial charge in [0.15, 0.2) is 0 Å². The quantitative estimate of drug-likeness (QED) is 0.865. The molecule has 0 bridgehead atoms. The molecule has 0 saturated carbocycles. The van der Waals surface area contributed by atoms with Crippen LogP contribution in [0.25, 0.3) is 11.0 Å². The van der Waals surface area contributed by atoms with Gasteiger partial charge >= 0.3 is 5.97 Å². The van der Waals surface area contributed by atoms with Crippen molar-refractivity contribution in [3.05, 3.63) is 34.5 Å². The largest absolute Gasteiger partial charge is 0.481 e. The second-order valence-corrected chi connectivity index (χ2v) is 6.04. The summed E-state index contributed by atoms with van der Waals surface area (Å²) in [6.07, 6.45) is 1.07. The minimum atomic E-state index is -1.53. The number of carbonyl (C=O) groups is 1. The zero-order valence-corrected chi connectivity index (χ0v) is 13.0. The number of halogens is 1. The van der Waals surface area contributed by atoms with Crippen molar-refractivity contribution in [2.24, 2.45) is 5.92 Å². The molecular weight excluding hydrogens is 324 g/mol. The molecule has 1 aromatic carbocycles. The van der Waals surface area contributed by atoms with Gasteiger partial charge in [-0.2, -0.15) is 0 Å². The Labute approximate surface area is 125 Å². The SMILES string of the molecule is CCCC(C(=O)O)C(C)(O)c1cc2cc(Br)ccc2o1. The van der Waals surface area contributed by atoms with Crippen molar-refractivity contribution >= 4 is 32.9 Å². The molecular formula is C15H17BrO4. The molecule has 2 atom stereocenters. The van der Waals surface area contributed by atoms with Gasteiger partial charge in [0.2, 0.25) is 0 Å². The number of hydrogen-bond acceptors (Lipinski definition) is 3. The van der Waals surface area contributed by atoms with Crippen LogP contribution < -0.4 is 0 Å². The summed E-state index contributed by atoms with van der Waals surface area (Å²) >= 11 is 3.37. The molecule has 0 aliphatic heterocycles. The van der Waals surface area contributed by atoms with Crippen molar-refractivity contribution in [3.63, 3.8) is 0 Å². The van der Waals surface area contributed by atoms with Gasteiger partial charge in [-0.3, -0.25) is 4.79 Å². The van der Waals surface area contributed by atoms with E-state index >= 15 is 0 Å². The second kappa shape index (κ2) is 5.58. The number of hydrogen-bond donors (Lipinski definition) is 2. The third-order valence-electron chi connectivity index (χ3n) is 3.53. The van der Waals surface area contributed by atoms with Crippen molar-refractivity contribution in [2.75, 3.05) is 0 Å². The summed E-state index contributed by atoms with van der Waals surface area (Å²) in [6, 6.07) is 7.19. The topological polar surface area (TPSA) is 70.7 Å². The molecule has 0 fully saturated rings. The van der Waals surface area contributed by atoms with Crippen LogP contribution in [0, 0.1) is 5.92 Å². The number of benzene rings is 1. The molecule has 1 heterocycles. The Morgan fingerprint density at radius 3 is 2.75 bits per heavy atom. The molecule has 1 aromatic heterocycles. The molecule has 20 heavy (non-hydrogen) atoms. The van der Waals surface area contributed by atoms with Gasteiger partial charge in [-0.1, -0.05) is 29.3 Å². The molecule has 0 aliphatic rings. The maximum Gasteiger partial charge on any atom is 0.309 e. The number of aliphatic hydroxyl groups is 1. The van der Waals surface area contributed by atoms with Crippen LogP contribution in [0.3, 0.4) is 0 Å². The highest BCUT2D eigenvalue weighted by Crippen LogP contribution is 2.36. The summed E-state index contributed by atoms with van der Waals surface area (Å²) in [7, 11) is 0. The number of furan rings is 1. The lowest BCUT2D eigenvalue weighted by molar-refractivity contribution is -0.153. The van der Waals surface area contributed by atoms with E-state index in [9.17, 15) is 15.0 Å². The predicted molar refractivity (Wildman–Crippen MR) is 79.5 cm³/mol. The standard InChI is InChI=1S/C15H17BrO4/c1-3-4-11(14(17)18)15(2,19)13-8-9-7-10(16)5-6-12(9)20-13/h5-8,11,19H,3-4H2,1-2H3,(H,17,18). The van der Waals surface area contributed by atoms with Crippen molar-refractivity contribution < 1.29 is 19.4 Å². The minimum absolute atomic E-state index is 0.284. The van der Waals surface area contributed by atoms with E-state index in [2.05, 4.69) is 15.9 Å². The minimum Gasteiger partial charge on any atom is -0.481 e. The molecule has 2 rings (SSSR count). The summed E-state index contributed by atoms with van der Waals surface area (Å²) < 4.78 is 6.53. The Morgan fingerprint density at radius 2 is 2.15 bits per heavy atom. The molecule has 0 saturated heterocycles. The molecule has 0 spiro atoms. The van der Waals surface area contributed by atoms with Gasteiger partial charge in [0.1, 0.15) is 16.9 Å². The monoisotopic (exact) mass is 340 g/mol. The first kappa shape index (κ1) is 15.1. The van der Waals surface area contributed by atoms with Gasteiger partial charge in [0, 0.05) is 9.86 Å². The van der Waals surface area contributed by atoms with Crippen molar-refractivity contribution in [1.82, 2.24) is 0 Å². The fourth-order valence-corrected chi connectivity index (χ4v) is 2.75. The molecule has 2 aromatic rings. The summed E-state index contributed by atoms with van der Waals surface area (Å²) in [6.45, 7) is 3.38. The lowest BCUT2D eigenvalue weighted by Gasteiger charge is -2.27. The maximum absolute atomic E-state index is 11.4. The summed E-state index contributed by atoms with van der Waals surface area (Å²) in [5.41, 5.74) is -0.906. The van der Waals surface area contributed by atoms with E-state index in [4.69, 9.17) is 4.42 Å². The molecule has 5 heteroatoms. The lowest BCUT2D eigenvalue weighted by Crippen LogP contribution is -2.36. The van der Waals surface area contributed by atoms with Gasteiger partial charge in [-0.25, -0.2) is 0 Å². The Bertz CT molecular complexity index is 630. The first-order valence-corrected chi connectivity index (χ1v) is 7.30. The van der Waals surface area contributed by atoms with Crippen LogP contribution in [-0.4, -0.2) is 16.2 Å². The van der Waals surface area contributed by atoms with Crippen molar-refractivity contribution in [2.45, 2.75) is 32.3 Å². The van der Waals surface area contributed by atoms with Crippen LogP contribution in [0.1, 0.15) is 32.4 Å². The average molecular weight is 341 g/mol. The van der Waals surface area contributed by atoms with Crippen LogP contribution in [0.2, 0.25) is 0 Å². The summed E-state index contributed by atoms with van der Waals surface area (Å²) in [5.74, 6) is -1.62. The Hall–Kier alpha value is -1.33. The van der Waals surface area contributed by atoms with Crippen molar-refractivity contribution in [1.29, 1.82) is 0 Å². The van der Waals surface area contributed by atoms with Gasteiger partial charge in [0.25, 0.3) is 0 Å². The third kappa shape index (κ3) is 2.74. The van der Waals surface area contributed by atoms with E-state index in [1.807, 2.05) is 19.1 Å². The van der Waals surface area contributed by atoms with Crippen LogP contribution >= 0.6 is 15.9 Å². The maximum atomic E-state index is 11.4. The summed E-state index contributed by atoms with van der Waals surface area (Å²) in [4.78, 5) is 11.4. The van der Waals surface area contributed by atoms with E-state index in [0.717, 1.165) is 9.86 Å². The number of rotatable bonds is 5. The van der Waals surface area contributed by atoms with E-state index in [-0.39, 0.29) is 5.76 Å². The highest BCUT2D eigenvalue weighted by molar-refractivity contribution is 9.10. The fraction of sp³-hybridized carbons (Fsp3) is 0.400. The number of fused-ring (bicyclic) bond motifs is 1. The molecule has 108 valence electrons. The third-order valence-corrected chi connectivity index (χ3v) is 4.02. The number of aliphatic carboxylic acids is 1. The van der Waals surface area contributed by atoms with Gasteiger partial charge in [-0.05, 0) is 37.6 Å². The lowest BCUT2D eigenvalue weighted by atomic mass is 9.83. The first-order valence-electron chi connectivity index (χ1n) is 6.51. The zero-order valence-electron chi connectivity index (χ0n) is 11.4. The molecule has 0 aliphatic carbocycles. The average Bonchev–Trinajstić information content (AvgIpc) is 2.78. The molecule has 4 nitrogen and oxygen atoms in total. The fourth-order valence-electron chi connectivity index (χ4n) is 2.37. The number of carboxylic acids is 1. The van der Waals surface area contributed by atoms with Crippen LogP contribution in [0.15, 0.2) is 33.2 Å². The molecule has 2 N–H and O–H groups in total. The smallest absolute Gasteiger partial charge is 0.309 e. The van der Waals surface area contributed by atoms with Crippen molar-refractivity contribution in [3.8, 4) is 0 Å². The van der Waals surface area contributed by atoms with Gasteiger partial charge in [0.05, 0.1) is 5.92 Å². The molecule has 0 radical (unpaired) electrons. The van der Waals surface area contributed by atoms with E-state index in [0.29, 0.717) is 18.4 Å². The van der Waals surface area contributed by atoms with Crippen LogP contribution in [0.4, 0.5) is 0 Å². The van der Waals surface area contributed by atoms with E-state index in [1.165, 1.54) is 6.92 Å². The highest BCUT2D eigenvalue weighted by Gasteiger charge is 2.41. The van der Waals surface area contributed by atoms with Gasteiger partial charge in [-0.15, -0.1) is 0 Å². The molecule has 2 unspecified atom stereocenters. The van der Waals surface area contributed by atoms with Crippen LogP contribution in [-0.2, 0) is 10.4 Å². The highest BCUT2D eigenvalue weighted by atomic mass is 79.9. The van der Waals surface area contributed by atoms with Gasteiger partial charge < -0.3 is 14.6 Å². The normalized spacial score (nSPS) is 16.0. The first-order chi connectivity index (χ1) is 9.36. The Morgan fingerprint density at radius 1 is 1.45 bits per heavy atom. The summed E-state index contributed by atoms with van der Waals surface area (Å²) in [5, 5.41) is 20.8. The number of carboxylic acid groups (broad SMARTS) is 1. The Kier molecular flexibility index (Phi) is 4.20. The Balaban J connectivity index is 2.46.